The number of nitrogens with zero attached hydrogens (tertiary/aromatic N) is 3. The van der Waals surface area contributed by atoms with Gasteiger partial charge in [0.1, 0.15) is 5.72 Å². The molecule has 0 saturated carbocycles. The van der Waals surface area contributed by atoms with Gasteiger partial charge in [-0.3, -0.25) is 14.7 Å². The predicted molar refractivity (Wildman–Crippen MR) is 81.8 cm³/mol. The van der Waals surface area contributed by atoms with Crippen LogP contribution in [-0.4, -0.2) is 77.4 Å². The zero-order valence-corrected chi connectivity index (χ0v) is 13.9. The van der Waals surface area contributed by atoms with Gasteiger partial charge in [-0.15, -0.1) is 0 Å². The summed E-state index contributed by atoms with van der Waals surface area (Å²) in [5.74, 6) is 0. The van der Waals surface area contributed by atoms with Crippen LogP contribution in [0.3, 0.4) is 0 Å². The summed E-state index contributed by atoms with van der Waals surface area (Å²) in [6.45, 7) is 18.5. The van der Waals surface area contributed by atoms with Gasteiger partial charge in [-0.2, -0.15) is 0 Å². The Kier molecular flexibility index (Phi) is 3.65. The van der Waals surface area contributed by atoms with Gasteiger partial charge in [-0.05, 0) is 54.1 Å². The molecule has 0 aromatic carbocycles. The molecule has 0 radical (unpaired) electrons. The second-order valence-corrected chi connectivity index (χ2v) is 8.21. The van der Waals surface area contributed by atoms with Gasteiger partial charge in [-0.25, -0.2) is 0 Å². The number of likely N-dealkylation sites (tertiary alicyclic amines) is 3. The summed E-state index contributed by atoms with van der Waals surface area (Å²) in [5, 5.41) is 0. The van der Waals surface area contributed by atoms with Crippen molar-refractivity contribution in [2.75, 3.05) is 39.3 Å². The topological polar surface area (TPSA) is 19.0 Å². The molecule has 0 atom stereocenters. The molecule has 20 heavy (non-hydrogen) atoms. The molecule has 4 nitrogen and oxygen atoms in total. The van der Waals surface area contributed by atoms with Crippen LogP contribution in [-0.2, 0) is 4.74 Å². The van der Waals surface area contributed by atoms with Gasteiger partial charge in [0.25, 0.3) is 0 Å². The Labute approximate surface area is 124 Å². The molecular formula is C16H31N3O. The van der Waals surface area contributed by atoms with E-state index in [9.17, 15) is 0 Å². The lowest BCUT2D eigenvalue weighted by Gasteiger charge is -2.56. The third-order valence-electron chi connectivity index (χ3n) is 5.28. The minimum atomic E-state index is -0.101. The molecule has 3 heterocycles. The van der Waals surface area contributed by atoms with Crippen molar-refractivity contribution in [1.29, 1.82) is 0 Å². The van der Waals surface area contributed by atoms with Crippen LogP contribution in [0.4, 0.5) is 0 Å². The first-order chi connectivity index (χ1) is 9.25. The monoisotopic (exact) mass is 281 g/mol. The van der Waals surface area contributed by atoms with Crippen LogP contribution in [0.25, 0.3) is 0 Å². The Morgan fingerprint density at radius 2 is 1.45 bits per heavy atom. The molecule has 3 fully saturated rings. The molecule has 0 aromatic rings. The van der Waals surface area contributed by atoms with E-state index in [0.717, 1.165) is 19.1 Å². The highest BCUT2D eigenvalue weighted by atomic mass is 16.5. The Morgan fingerprint density at radius 3 is 1.90 bits per heavy atom. The van der Waals surface area contributed by atoms with Gasteiger partial charge >= 0.3 is 0 Å². The molecule has 0 aliphatic carbocycles. The minimum Gasteiger partial charge on any atom is -0.355 e. The first-order valence-electron chi connectivity index (χ1n) is 8.18. The van der Waals surface area contributed by atoms with E-state index in [1.807, 2.05) is 0 Å². The summed E-state index contributed by atoms with van der Waals surface area (Å²) in [4.78, 5) is 7.60. The summed E-state index contributed by atoms with van der Waals surface area (Å²) in [5.41, 5.74) is 0.180. The van der Waals surface area contributed by atoms with Crippen LogP contribution >= 0.6 is 0 Å². The van der Waals surface area contributed by atoms with Gasteiger partial charge < -0.3 is 4.74 Å². The molecule has 4 heteroatoms. The smallest absolute Gasteiger partial charge is 0.116 e. The van der Waals surface area contributed by atoms with E-state index >= 15 is 0 Å². The van der Waals surface area contributed by atoms with E-state index in [2.05, 4.69) is 49.3 Å². The van der Waals surface area contributed by atoms with Crippen molar-refractivity contribution in [2.24, 2.45) is 0 Å². The van der Waals surface area contributed by atoms with E-state index in [1.54, 1.807) is 0 Å². The first-order valence-corrected chi connectivity index (χ1v) is 8.18. The van der Waals surface area contributed by atoms with Crippen molar-refractivity contribution >= 4 is 0 Å². The van der Waals surface area contributed by atoms with Gasteiger partial charge in [0.2, 0.25) is 0 Å². The fraction of sp³-hybridized carbons (Fsp3) is 1.00. The van der Waals surface area contributed by atoms with Crippen molar-refractivity contribution in [3.05, 3.63) is 0 Å². The van der Waals surface area contributed by atoms with Crippen molar-refractivity contribution in [2.45, 2.75) is 64.4 Å². The number of hydrogen-bond acceptors (Lipinski definition) is 4. The maximum absolute atomic E-state index is 6.35. The number of ether oxygens (including phenoxy) is 1. The SMILES string of the molecule is CC(C)(C)N1CC(OC(C)(C)N2CC(N3CCC3)C2)C1. The molecule has 0 bridgehead atoms. The number of hydrogen-bond donors (Lipinski definition) is 0. The normalized spacial score (nSPS) is 28.1. The van der Waals surface area contributed by atoms with Crippen molar-refractivity contribution in [3.63, 3.8) is 0 Å². The number of rotatable bonds is 4. The first kappa shape index (κ1) is 14.8. The predicted octanol–water partition coefficient (Wildman–Crippen LogP) is 1.61. The Morgan fingerprint density at radius 1 is 0.850 bits per heavy atom. The molecule has 3 aliphatic heterocycles. The van der Waals surface area contributed by atoms with Crippen LogP contribution < -0.4 is 0 Å². The van der Waals surface area contributed by atoms with Crippen molar-refractivity contribution in [1.82, 2.24) is 14.7 Å². The van der Waals surface area contributed by atoms with E-state index in [1.165, 1.54) is 32.6 Å². The van der Waals surface area contributed by atoms with Crippen LogP contribution in [0.2, 0.25) is 0 Å². The summed E-state index contributed by atoms with van der Waals surface area (Å²) < 4.78 is 6.35. The van der Waals surface area contributed by atoms with E-state index in [-0.39, 0.29) is 11.3 Å². The van der Waals surface area contributed by atoms with Crippen LogP contribution in [0.1, 0.15) is 41.0 Å². The zero-order chi connectivity index (χ0) is 14.5. The molecule has 116 valence electrons. The van der Waals surface area contributed by atoms with Crippen LogP contribution in [0, 0.1) is 0 Å². The van der Waals surface area contributed by atoms with Gasteiger partial charge in [-0.1, -0.05) is 0 Å². The molecular weight excluding hydrogens is 250 g/mol. The van der Waals surface area contributed by atoms with E-state index in [0.29, 0.717) is 6.10 Å². The lowest BCUT2D eigenvalue weighted by Crippen LogP contribution is -2.70. The second-order valence-electron chi connectivity index (χ2n) is 8.21. The highest BCUT2D eigenvalue weighted by Gasteiger charge is 2.45. The molecule has 0 aromatic heterocycles. The highest BCUT2D eigenvalue weighted by Crippen LogP contribution is 2.32. The molecule has 0 amide bonds. The molecule has 3 rings (SSSR count). The van der Waals surface area contributed by atoms with Gasteiger partial charge in [0.05, 0.1) is 6.10 Å². The average molecular weight is 281 g/mol. The third kappa shape index (κ3) is 2.76. The van der Waals surface area contributed by atoms with E-state index in [4.69, 9.17) is 4.74 Å². The largest absolute Gasteiger partial charge is 0.355 e. The maximum Gasteiger partial charge on any atom is 0.116 e. The zero-order valence-electron chi connectivity index (χ0n) is 13.9. The van der Waals surface area contributed by atoms with Crippen LogP contribution in [0.15, 0.2) is 0 Å². The molecule has 3 aliphatic rings. The molecule has 3 saturated heterocycles. The molecule has 0 N–H and O–H groups in total. The Bertz CT molecular complexity index is 347. The van der Waals surface area contributed by atoms with Crippen LogP contribution in [0.5, 0.6) is 0 Å². The van der Waals surface area contributed by atoms with E-state index < -0.39 is 0 Å². The fourth-order valence-electron chi connectivity index (χ4n) is 3.37. The molecule has 0 unspecified atom stereocenters. The minimum absolute atomic E-state index is 0.101. The van der Waals surface area contributed by atoms with Gasteiger partial charge in [0.15, 0.2) is 0 Å². The van der Waals surface area contributed by atoms with Gasteiger partial charge in [0, 0.05) is 37.8 Å². The summed E-state index contributed by atoms with van der Waals surface area (Å²) in [6, 6.07) is 0.791. The summed E-state index contributed by atoms with van der Waals surface area (Å²) in [6.07, 6.45) is 1.80. The fourth-order valence-corrected chi connectivity index (χ4v) is 3.37. The van der Waals surface area contributed by atoms with Crippen molar-refractivity contribution < 1.29 is 4.74 Å². The third-order valence-corrected chi connectivity index (χ3v) is 5.28. The lowest BCUT2D eigenvalue weighted by atomic mass is 9.97. The Balaban J connectivity index is 1.41. The quantitative estimate of drug-likeness (QED) is 0.779. The second kappa shape index (κ2) is 4.94. The average Bonchev–Trinajstić information content (AvgIpc) is 2.10. The molecule has 0 spiro atoms. The standard InChI is InChI=1S/C16H31N3O/c1-15(2,3)18-11-14(12-18)20-16(4,5)19-9-13(10-19)17-7-6-8-17/h13-14H,6-12H2,1-5H3. The maximum atomic E-state index is 6.35. The summed E-state index contributed by atoms with van der Waals surface area (Å²) in [7, 11) is 0. The lowest BCUT2D eigenvalue weighted by molar-refractivity contribution is -0.233. The van der Waals surface area contributed by atoms with Crippen molar-refractivity contribution in [3.8, 4) is 0 Å². The highest BCUT2D eigenvalue weighted by molar-refractivity contribution is 4.97. The Hall–Kier alpha value is -0.160. The summed E-state index contributed by atoms with van der Waals surface area (Å²) >= 11 is 0.